The van der Waals surface area contributed by atoms with Crippen LogP contribution in [-0.4, -0.2) is 18.2 Å². The van der Waals surface area contributed by atoms with Crippen LogP contribution in [0.1, 0.15) is 5.56 Å². The molecule has 4 heteroatoms. The molecule has 0 radical (unpaired) electrons. The Morgan fingerprint density at radius 1 is 1.24 bits per heavy atom. The first-order chi connectivity index (χ1) is 8.24. The molecule has 3 rings (SSSR count). The molecule has 2 aromatic rings. The van der Waals surface area contributed by atoms with Gasteiger partial charge in [0.05, 0.1) is 12.8 Å². The third kappa shape index (κ3) is 1.27. The minimum Gasteiger partial charge on any atom is -0.452 e. The minimum absolute atomic E-state index is 0.446. The number of nitrogens with zero attached hydrogens (tertiary/aromatic N) is 1. The fraction of sp³-hybridized carbons (Fsp3) is 0.0769. The lowest BCUT2D eigenvalue weighted by atomic mass is 10.1. The second-order valence-corrected chi connectivity index (χ2v) is 4.18. The minimum atomic E-state index is -0.446. The summed E-state index contributed by atoms with van der Waals surface area (Å²) in [6.45, 7) is 0. The van der Waals surface area contributed by atoms with Crippen LogP contribution in [-0.2, 0) is 4.74 Å². The van der Waals surface area contributed by atoms with Crippen LogP contribution in [0.4, 0.5) is 10.5 Å². The molecule has 0 aromatic heterocycles. The standard InChI is InChI=1S/C13H9NO2S/c1-16-13(15)14-10-7-3-5-8-4-2-6-9(11(8)10)12(14)17/h2-7H,1H3. The maximum absolute atomic E-state index is 11.7. The van der Waals surface area contributed by atoms with E-state index >= 15 is 0 Å². The van der Waals surface area contributed by atoms with Crippen LogP contribution in [0.2, 0.25) is 0 Å². The van der Waals surface area contributed by atoms with Crippen molar-refractivity contribution in [2.24, 2.45) is 0 Å². The van der Waals surface area contributed by atoms with Crippen LogP contribution in [0.5, 0.6) is 0 Å². The molecule has 0 spiro atoms. The SMILES string of the molecule is COC(=O)N1C(=S)c2cccc3cccc1c23. The first-order valence-electron chi connectivity index (χ1n) is 5.18. The highest BCUT2D eigenvalue weighted by atomic mass is 32.1. The average Bonchev–Trinajstić information content (AvgIpc) is 2.65. The number of methoxy groups -OCH3 is 1. The van der Waals surface area contributed by atoms with E-state index in [2.05, 4.69) is 0 Å². The van der Waals surface area contributed by atoms with Crippen molar-refractivity contribution in [2.75, 3.05) is 12.0 Å². The lowest BCUT2D eigenvalue weighted by Gasteiger charge is -2.15. The van der Waals surface area contributed by atoms with Crippen molar-refractivity contribution in [3.63, 3.8) is 0 Å². The summed E-state index contributed by atoms with van der Waals surface area (Å²) < 4.78 is 4.77. The first-order valence-corrected chi connectivity index (χ1v) is 5.59. The quantitative estimate of drug-likeness (QED) is 0.666. The topological polar surface area (TPSA) is 29.5 Å². The number of carbonyl (C=O) groups excluding carboxylic acids is 1. The van der Waals surface area contributed by atoms with Gasteiger partial charge in [-0.1, -0.05) is 42.5 Å². The summed E-state index contributed by atoms with van der Waals surface area (Å²) in [5, 5.41) is 2.10. The maximum atomic E-state index is 11.7. The molecule has 1 aliphatic heterocycles. The highest BCUT2D eigenvalue weighted by Crippen LogP contribution is 2.37. The fourth-order valence-electron chi connectivity index (χ4n) is 2.19. The molecule has 0 saturated carbocycles. The van der Waals surface area contributed by atoms with Gasteiger partial charge in [-0.05, 0) is 11.5 Å². The second-order valence-electron chi connectivity index (χ2n) is 3.79. The number of thiocarbonyl (C=S) groups is 1. The third-order valence-electron chi connectivity index (χ3n) is 2.91. The molecule has 2 aromatic carbocycles. The van der Waals surface area contributed by atoms with Gasteiger partial charge in [0.1, 0.15) is 4.99 Å². The summed E-state index contributed by atoms with van der Waals surface area (Å²) in [6.07, 6.45) is -0.446. The van der Waals surface area contributed by atoms with Gasteiger partial charge in [0.25, 0.3) is 0 Å². The molecule has 0 fully saturated rings. The second kappa shape index (κ2) is 3.53. The number of hydrogen-bond donors (Lipinski definition) is 0. The van der Waals surface area contributed by atoms with Gasteiger partial charge in [-0.15, -0.1) is 0 Å². The first kappa shape index (κ1) is 10.2. The zero-order valence-electron chi connectivity index (χ0n) is 9.14. The fourth-order valence-corrected chi connectivity index (χ4v) is 2.53. The molecular formula is C13H9NO2S. The molecule has 3 nitrogen and oxygen atoms in total. The number of ether oxygens (including phenoxy) is 1. The number of rotatable bonds is 0. The summed E-state index contributed by atoms with van der Waals surface area (Å²) >= 11 is 5.33. The molecule has 0 N–H and O–H groups in total. The van der Waals surface area contributed by atoms with Crippen molar-refractivity contribution in [2.45, 2.75) is 0 Å². The van der Waals surface area contributed by atoms with Crippen molar-refractivity contribution >= 4 is 39.8 Å². The number of anilines is 1. The predicted octanol–water partition coefficient (Wildman–Crippen LogP) is 3.10. The monoisotopic (exact) mass is 243 g/mol. The van der Waals surface area contributed by atoms with Crippen molar-refractivity contribution in [3.8, 4) is 0 Å². The van der Waals surface area contributed by atoms with Gasteiger partial charge in [0.2, 0.25) is 0 Å². The Morgan fingerprint density at radius 3 is 2.65 bits per heavy atom. The van der Waals surface area contributed by atoms with Gasteiger partial charge >= 0.3 is 6.09 Å². The molecule has 0 aliphatic carbocycles. The molecule has 0 saturated heterocycles. The predicted molar refractivity (Wildman–Crippen MR) is 70.5 cm³/mol. The molecule has 0 bridgehead atoms. The smallest absolute Gasteiger partial charge is 0.419 e. The van der Waals surface area contributed by atoms with E-state index in [1.54, 1.807) is 0 Å². The van der Waals surface area contributed by atoms with Gasteiger partial charge in [-0.3, -0.25) is 0 Å². The molecule has 0 atom stereocenters. The summed E-state index contributed by atoms with van der Waals surface area (Å²) in [6, 6.07) is 11.7. The molecule has 0 unspecified atom stereocenters. The van der Waals surface area contributed by atoms with Gasteiger partial charge in [-0.2, -0.15) is 0 Å². The molecule has 1 aliphatic rings. The van der Waals surface area contributed by atoms with Crippen molar-refractivity contribution in [1.82, 2.24) is 0 Å². The van der Waals surface area contributed by atoms with E-state index in [9.17, 15) is 4.79 Å². The Bertz CT molecular complexity index is 646. The molecule has 84 valence electrons. The largest absolute Gasteiger partial charge is 0.452 e. The average molecular weight is 243 g/mol. The van der Waals surface area contributed by atoms with Gasteiger partial charge < -0.3 is 4.74 Å². The zero-order chi connectivity index (χ0) is 12.0. The van der Waals surface area contributed by atoms with E-state index < -0.39 is 6.09 Å². The number of benzene rings is 2. The Morgan fingerprint density at radius 2 is 1.94 bits per heavy atom. The summed E-state index contributed by atoms with van der Waals surface area (Å²) in [4.78, 5) is 13.7. The maximum Gasteiger partial charge on any atom is 0.419 e. The Hall–Kier alpha value is -1.94. The van der Waals surface area contributed by atoms with E-state index in [4.69, 9.17) is 17.0 Å². The molecular weight excluding hydrogens is 234 g/mol. The van der Waals surface area contributed by atoms with Gasteiger partial charge in [0, 0.05) is 10.9 Å². The van der Waals surface area contributed by atoms with Crippen LogP contribution >= 0.6 is 12.2 Å². The van der Waals surface area contributed by atoms with Crippen molar-refractivity contribution in [3.05, 3.63) is 42.0 Å². The summed E-state index contributed by atoms with van der Waals surface area (Å²) in [7, 11) is 1.36. The summed E-state index contributed by atoms with van der Waals surface area (Å²) in [5.41, 5.74) is 1.72. The molecule has 17 heavy (non-hydrogen) atoms. The summed E-state index contributed by atoms with van der Waals surface area (Å²) in [5.74, 6) is 0. The third-order valence-corrected chi connectivity index (χ3v) is 3.32. The Balaban J connectivity index is 2.34. The van der Waals surface area contributed by atoms with E-state index in [1.807, 2.05) is 36.4 Å². The number of carbonyl (C=O) groups is 1. The highest BCUT2D eigenvalue weighted by Gasteiger charge is 2.31. The lowest BCUT2D eigenvalue weighted by Crippen LogP contribution is -2.32. The van der Waals surface area contributed by atoms with Crippen LogP contribution in [0.15, 0.2) is 36.4 Å². The highest BCUT2D eigenvalue weighted by molar-refractivity contribution is 7.81. The molecule has 1 heterocycles. The lowest BCUT2D eigenvalue weighted by molar-refractivity contribution is 0.182. The molecule has 1 amide bonds. The van der Waals surface area contributed by atoms with E-state index in [0.29, 0.717) is 4.99 Å². The van der Waals surface area contributed by atoms with E-state index in [0.717, 1.165) is 22.0 Å². The van der Waals surface area contributed by atoms with Crippen LogP contribution in [0.25, 0.3) is 10.8 Å². The van der Waals surface area contributed by atoms with Gasteiger partial charge in [-0.25, -0.2) is 9.69 Å². The number of amides is 1. The number of hydrogen-bond acceptors (Lipinski definition) is 3. The van der Waals surface area contributed by atoms with Crippen LogP contribution < -0.4 is 4.90 Å². The Kier molecular flexibility index (Phi) is 2.12. The van der Waals surface area contributed by atoms with E-state index in [-0.39, 0.29) is 0 Å². The van der Waals surface area contributed by atoms with E-state index in [1.165, 1.54) is 12.0 Å². The van der Waals surface area contributed by atoms with Crippen molar-refractivity contribution in [1.29, 1.82) is 0 Å². The zero-order valence-corrected chi connectivity index (χ0v) is 9.95. The van der Waals surface area contributed by atoms with Crippen molar-refractivity contribution < 1.29 is 9.53 Å². The van der Waals surface area contributed by atoms with Crippen LogP contribution in [0.3, 0.4) is 0 Å². The Labute approximate surface area is 104 Å². The van der Waals surface area contributed by atoms with Gasteiger partial charge in [0.15, 0.2) is 0 Å². The normalized spacial score (nSPS) is 13.2. The van der Waals surface area contributed by atoms with Crippen LogP contribution in [0, 0.1) is 0 Å².